The Kier molecular flexibility index (Phi) is 6.90. The van der Waals surface area contributed by atoms with Crippen molar-refractivity contribution in [1.29, 1.82) is 0 Å². The van der Waals surface area contributed by atoms with Crippen molar-refractivity contribution in [2.24, 2.45) is 0 Å². The number of nitrogens with zero attached hydrogens (tertiary/aromatic N) is 3. The Morgan fingerprint density at radius 2 is 1.93 bits per heavy atom. The number of benzene rings is 1. The van der Waals surface area contributed by atoms with Gasteiger partial charge in [0.15, 0.2) is 5.03 Å². The van der Waals surface area contributed by atoms with Crippen LogP contribution in [0.3, 0.4) is 0 Å². The topological polar surface area (TPSA) is 83.0 Å². The van der Waals surface area contributed by atoms with E-state index in [-0.39, 0.29) is 30.5 Å². The molecule has 0 amide bonds. The molecular weight excluding hydrogens is 393 g/mol. The molecule has 10 heteroatoms. The van der Waals surface area contributed by atoms with E-state index in [1.54, 1.807) is 12.1 Å². The number of aromatic nitrogens is 1. The van der Waals surface area contributed by atoms with E-state index in [4.69, 9.17) is 4.74 Å². The molecule has 0 aliphatic carbocycles. The Morgan fingerprint density at radius 3 is 2.59 bits per heavy atom. The minimum atomic E-state index is -3.82. The molecule has 1 aliphatic heterocycles. The van der Waals surface area contributed by atoms with Crippen LogP contribution in [-0.2, 0) is 14.8 Å². The molecular formula is C17H22FN3O4S2. The molecule has 0 unspecified atom stereocenters. The van der Waals surface area contributed by atoms with Crippen LogP contribution in [0.25, 0.3) is 10.6 Å². The molecule has 1 aromatic carbocycles. The molecule has 27 heavy (non-hydrogen) atoms. The fraction of sp³-hybridized carbons (Fsp3) is 0.471. The van der Waals surface area contributed by atoms with Crippen molar-refractivity contribution in [3.63, 3.8) is 0 Å². The summed E-state index contributed by atoms with van der Waals surface area (Å²) in [5.41, 5.74) is 0.657. The first-order chi connectivity index (χ1) is 13.0. The van der Waals surface area contributed by atoms with Gasteiger partial charge >= 0.3 is 0 Å². The Hall–Kier alpha value is -1.43. The van der Waals surface area contributed by atoms with Crippen LogP contribution in [0.15, 0.2) is 34.7 Å². The minimum Gasteiger partial charge on any atom is -0.395 e. The lowest BCUT2D eigenvalue weighted by Gasteiger charge is -2.29. The first-order valence-electron chi connectivity index (χ1n) is 8.63. The molecule has 7 nitrogen and oxygen atoms in total. The van der Waals surface area contributed by atoms with Crippen molar-refractivity contribution in [1.82, 2.24) is 14.2 Å². The third-order valence-electron chi connectivity index (χ3n) is 4.30. The Bertz CT molecular complexity index is 836. The second-order valence-electron chi connectivity index (χ2n) is 6.08. The number of aliphatic hydroxyl groups is 1. The van der Waals surface area contributed by atoms with E-state index < -0.39 is 10.0 Å². The average Bonchev–Trinajstić information content (AvgIpc) is 3.17. The van der Waals surface area contributed by atoms with Crippen LogP contribution in [0.1, 0.15) is 0 Å². The summed E-state index contributed by atoms with van der Waals surface area (Å²) < 4.78 is 45.5. The van der Waals surface area contributed by atoms with Crippen molar-refractivity contribution in [2.75, 3.05) is 52.5 Å². The molecule has 0 saturated carbocycles. The Morgan fingerprint density at radius 1 is 1.22 bits per heavy atom. The van der Waals surface area contributed by atoms with E-state index in [1.165, 1.54) is 33.2 Å². The second-order valence-corrected chi connectivity index (χ2v) is 8.82. The summed E-state index contributed by atoms with van der Waals surface area (Å²) >= 11 is 1.19. The maximum Gasteiger partial charge on any atom is 0.261 e. The van der Waals surface area contributed by atoms with Gasteiger partial charge in [-0.05, 0) is 24.3 Å². The average molecular weight is 416 g/mol. The van der Waals surface area contributed by atoms with E-state index >= 15 is 0 Å². The highest BCUT2D eigenvalue weighted by molar-refractivity contribution is 7.89. The maximum atomic E-state index is 13.1. The van der Waals surface area contributed by atoms with Gasteiger partial charge in [0.1, 0.15) is 10.8 Å². The molecule has 1 N–H and O–H groups in total. The number of hydrogen-bond donors (Lipinski definition) is 1. The van der Waals surface area contributed by atoms with E-state index in [1.807, 2.05) is 0 Å². The molecule has 1 fully saturated rings. The molecule has 0 radical (unpaired) electrons. The fourth-order valence-corrected chi connectivity index (χ4v) is 5.27. The lowest BCUT2D eigenvalue weighted by molar-refractivity contribution is 0.0359. The van der Waals surface area contributed by atoms with E-state index in [9.17, 15) is 17.9 Å². The number of sulfonamides is 1. The normalized spacial score (nSPS) is 16.1. The van der Waals surface area contributed by atoms with Crippen molar-refractivity contribution in [3.8, 4) is 10.6 Å². The van der Waals surface area contributed by atoms with E-state index in [0.29, 0.717) is 30.3 Å². The molecule has 3 rings (SSSR count). The highest BCUT2D eigenvalue weighted by Gasteiger charge is 2.27. The van der Waals surface area contributed by atoms with Gasteiger partial charge in [-0.25, -0.2) is 17.8 Å². The highest BCUT2D eigenvalue weighted by atomic mass is 32.2. The summed E-state index contributed by atoms with van der Waals surface area (Å²) in [4.78, 5) is 6.36. The van der Waals surface area contributed by atoms with Crippen LogP contribution in [0, 0.1) is 5.82 Å². The molecule has 1 aromatic heterocycles. The quantitative estimate of drug-likeness (QED) is 0.699. The van der Waals surface area contributed by atoms with Crippen LogP contribution in [0.5, 0.6) is 0 Å². The summed E-state index contributed by atoms with van der Waals surface area (Å²) in [5, 5.41) is 11.2. The van der Waals surface area contributed by atoms with E-state index in [0.717, 1.165) is 13.1 Å². The Labute approximate surface area is 162 Å². The molecule has 148 valence electrons. The summed E-state index contributed by atoms with van der Waals surface area (Å²) in [6, 6.07) is 5.75. The van der Waals surface area contributed by atoms with Gasteiger partial charge in [0.25, 0.3) is 10.0 Å². The van der Waals surface area contributed by atoms with Gasteiger partial charge in [-0.3, -0.25) is 4.90 Å². The molecule has 2 aromatic rings. The summed E-state index contributed by atoms with van der Waals surface area (Å²) in [6.07, 6.45) is 0. The zero-order valence-corrected chi connectivity index (χ0v) is 16.4. The van der Waals surface area contributed by atoms with Crippen LogP contribution in [0.4, 0.5) is 4.39 Å². The molecule has 2 heterocycles. The number of hydrogen-bond acceptors (Lipinski definition) is 7. The monoisotopic (exact) mass is 415 g/mol. The van der Waals surface area contributed by atoms with Gasteiger partial charge in [-0.15, -0.1) is 11.3 Å². The predicted octanol–water partition coefficient (Wildman–Crippen LogP) is 1.26. The molecule has 0 atom stereocenters. The van der Waals surface area contributed by atoms with Crippen molar-refractivity contribution < 1.29 is 22.7 Å². The van der Waals surface area contributed by atoms with Crippen LogP contribution >= 0.6 is 11.3 Å². The number of halogens is 1. The van der Waals surface area contributed by atoms with Crippen molar-refractivity contribution in [2.45, 2.75) is 5.03 Å². The molecule has 0 spiro atoms. The smallest absolute Gasteiger partial charge is 0.261 e. The van der Waals surface area contributed by atoms with Gasteiger partial charge in [-0.1, -0.05) is 0 Å². The minimum absolute atomic E-state index is 0.0100. The maximum absolute atomic E-state index is 13.1. The molecule has 1 aliphatic rings. The molecule has 1 saturated heterocycles. The number of morpholine rings is 1. The zero-order chi connectivity index (χ0) is 19.3. The lowest BCUT2D eigenvalue weighted by atomic mass is 10.2. The lowest BCUT2D eigenvalue weighted by Crippen LogP contribution is -2.43. The van der Waals surface area contributed by atoms with Crippen LogP contribution < -0.4 is 0 Å². The number of ether oxygens (including phenoxy) is 1. The summed E-state index contributed by atoms with van der Waals surface area (Å²) in [7, 11) is -3.82. The summed E-state index contributed by atoms with van der Waals surface area (Å²) in [5.74, 6) is -0.361. The fourth-order valence-electron chi connectivity index (χ4n) is 2.78. The van der Waals surface area contributed by atoms with Gasteiger partial charge < -0.3 is 9.84 Å². The standard InChI is InChI=1S/C17H22FN3O4S2/c18-15-3-1-14(2-4-15)17-19-16(13-26-17)27(23,24)21(7-10-22)6-5-20-8-11-25-12-9-20/h1-4,13,22H,5-12H2. The molecule has 0 bridgehead atoms. The van der Waals surface area contributed by atoms with Crippen molar-refractivity contribution in [3.05, 3.63) is 35.5 Å². The third-order valence-corrected chi connectivity index (χ3v) is 7.12. The second kappa shape index (κ2) is 9.18. The number of rotatable bonds is 8. The van der Waals surface area contributed by atoms with Crippen LogP contribution in [-0.4, -0.2) is 80.3 Å². The summed E-state index contributed by atoms with van der Waals surface area (Å²) in [6.45, 7) is 3.38. The first-order valence-corrected chi connectivity index (χ1v) is 11.0. The Balaban J connectivity index is 1.74. The van der Waals surface area contributed by atoms with Gasteiger partial charge in [0.05, 0.1) is 19.8 Å². The van der Waals surface area contributed by atoms with Crippen LogP contribution in [0.2, 0.25) is 0 Å². The van der Waals surface area contributed by atoms with Gasteiger partial charge in [-0.2, -0.15) is 4.31 Å². The van der Waals surface area contributed by atoms with Gasteiger partial charge in [0.2, 0.25) is 0 Å². The van der Waals surface area contributed by atoms with E-state index in [2.05, 4.69) is 9.88 Å². The largest absolute Gasteiger partial charge is 0.395 e. The SMILES string of the molecule is O=S(=O)(c1csc(-c2ccc(F)cc2)n1)N(CCO)CCN1CCOCC1. The van der Waals surface area contributed by atoms with Gasteiger partial charge in [0, 0.05) is 43.7 Å². The zero-order valence-electron chi connectivity index (χ0n) is 14.8. The van der Waals surface area contributed by atoms with Crippen molar-refractivity contribution >= 4 is 21.4 Å². The highest BCUT2D eigenvalue weighted by Crippen LogP contribution is 2.27. The first kappa shape index (κ1) is 20.3. The number of thiazole rings is 1. The number of aliphatic hydroxyl groups excluding tert-OH is 1. The third kappa shape index (κ3) is 5.09. The predicted molar refractivity (Wildman–Crippen MR) is 101 cm³/mol.